The molecule has 0 radical (unpaired) electrons. The molecule has 1 aromatic rings. The molecule has 1 aliphatic rings. The van der Waals surface area contributed by atoms with Gasteiger partial charge in [-0.1, -0.05) is 18.6 Å². The van der Waals surface area contributed by atoms with Crippen LogP contribution in [0.5, 0.6) is 0 Å². The Kier molecular flexibility index (Phi) is 3.51. The van der Waals surface area contributed by atoms with Gasteiger partial charge >= 0.3 is 0 Å². The summed E-state index contributed by atoms with van der Waals surface area (Å²) in [6.45, 7) is 6.18. The largest absolute Gasteiger partial charge is 0.468 e. The first-order valence-electron chi connectivity index (χ1n) is 6.32. The fourth-order valence-electron chi connectivity index (χ4n) is 2.32. The number of hydrogen-bond acceptors (Lipinski definition) is 2. The van der Waals surface area contributed by atoms with Crippen molar-refractivity contribution in [2.24, 2.45) is 5.92 Å². The lowest BCUT2D eigenvalue weighted by Gasteiger charge is -2.12. The van der Waals surface area contributed by atoms with Crippen LogP contribution < -0.4 is 0 Å². The maximum absolute atomic E-state index is 12.1. The van der Waals surface area contributed by atoms with Crippen molar-refractivity contribution >= 4 is 5.78 Å². The Morgan fingerprint density at radius 2 is 2.06 bits per heavy atom. The van der Waals surface area contributed by atoms with Crippen molar-refractivity contribution in [3.05, 3.63) is 34.8 Å². The summed E-state index contributed by atoms with van der Waals surface area (Å²) in [7, 11) is 0. The van der Waals surface area contributed by atoms with Gasteiger partial charge in [0.2, 0.25) is 0 Å². The van der Waals surface area contributed by atoms with Gasteiger partial charge in [0, 0.05) is 24.3 Å². The lowest BCUT2D eigenvalue weighted by Crippen LogP contribution is -2.15. The highest BCUT2D eigenvalue weighted by molar-refractivity contribution is 5.83. The van der Waals surface area contributed by atoms with Crippen LogP contribution in [0.15, 0.2) is 22.3 Å². The van der Waals surface area contributed by atoms with E-state index in [4.69, 9.17) is 4.42 Å². The Labute approximate surface area is 103 Å². The van der Waals surface area contributed by atoms with Crippen LogP contribution in [-0.4, -0.2) is 5.78 Å². The van der Waals surface area contributed by atoms with Gasteiger partial charge in [-0.25, -0.2) is 0 Å². The van der Waals surface area contributed by atoms with Gasteiger partial charge in [0.1, 0.15) is 11.5 Å². The average molecular weight is 232 g/mol. The van der Waals surface area contributed by atoms with E-state index < -0.39 is 0 Å². The number of aryl methyl sites for hydroxylation is 1. The molecular weight excluding hydrogens is 212 g/mol. The Morgan fingerprint density at radius 3 is 2.82 bits per heavy atom. The predicted octanol–water partition coefficient (Wildman–Crippen LogP) is 3.62. The first-order chi connectivity index (χ1) is 8.08. The lowest BCUT2D eigenvalue weighted by atomic mass is 9.91. The summed E-state index contributed by atoms with van der Waals surface area (Å²) in [5, 5.41) is 0. The Bertz CT molecular complexity index is 451. The van der Waals surface area contributed by atoms with Crippen molar-refractivity contribution in [1.82, 2.24) is 0 Å². The minimum atomic E-state index is 0.152. The summed E-state index contributed by atoms with van der Waals surface area (Å²) >= 11 is 0. The van der Waals surface area contributed by atoms with E-state index in [1.54, 1.807) is 6.26 Å². The zero-order chi connectivity index (χ0) is 12.4. The number of carbonyl (C=O) groups excluding carboxylic acids is 1. The number of Topliss-reactive ketones (excluding diaryl/α,β-unsaturated/α-hetero) is 1. The molecule has 17 heavy (non-hydrogen) atoms. The molecular formula is C15H20O2. The maximum Gasteiger partial charge on any atom is 0.140 e. The number of fused-ring (bicyclic) bond motifs is 1. The van der Waals surface area contributed by atoms with Crippen molar-refractivity contribution in [2.75, 3.05) is 0 Å². The molecule has 2 heteroatoms. The minimum absolute atomic E-state index is 0.152. The third-order valence-electron chi connectivity index (χ3n) is 3.62. The van der Waals surface area contributed by atoms with Gasteiger partial charge in [0.05, 0.1) is 6.26 Å². The van der Waals surface area contributed by atoms with Crippen LogP contribution in [-0.2, 0) is 17.6 Å². The Hall–Kier alpha value is -1.31. The Morgan fingerprint density at radius 1 is 1.29 bits per heavy atom. The summed E-state index contributed by atoms with van der Waals surface area (Å²) in [6, 6.07) is 0. The van der Waals surface area contributed by atoms with Crippen LogP contribution in [0.4, 0.5) is 0 Å². The monoisotopic (exact) mass is 232 g/mol. The number of carbonyl (C=O) groups is 1. The number of allylic oxidation sites excluding steroid dienone is 2. The van der Waals surface area contributed by atoms with E-state index in [0.717, 1.165) is 36.1 Å². The van der Waals surface area contributed by atoms with Crippen molar-refractivity contribution in [3.8, 4) is 0 Å². The SMILES string of the molecule is C/C1=C/CC[C@H](C)C(=O)Cc2c(C)coc2C1. The smallest absolute Gasteiger partial charge is 0.140 e. The third-order valence-corrected chi connectivity index (χ3v) is 3.62. The van der Waals surface area contributed by atoms with Crippen molar-refractivity contribution in [2.45, 2.75) is 46.5 Å². The topological polar surface area (TPSA) is 30.2 Å². The van der Waals surface area contributed by atoms with Crippen LogP contribution >= 0.6 is 0 Å². The zero-order valence-electron chi connectivity index (χ0n) is 10.9. The molecule has 1 heterocycles. The summed E-state index contributed by atoms with van der Waals surface area (Å²) in [6.07, 6.45) is 7.33. The Balaban J connectivity index is 2.36. The molecule has 0 saturated heterocycles. The summed E-state index contributed by atoms with van der Waals surface area (Å²) in [5.41, 5.74) is 3.55. The fourth-order valence-corrected chi connectivity index (χ4v) is 2.32. The molecule has 0 fully saturated rings. The molecule has 0 aromatic carbocycles. The number of ketones is 1. The molecule has 0 spiro atoms. The summed E-state index contributed by atoms with van der Waals surface area (Å²) < 4.78 is 5.58. The normalized spacial score (nSPS) is 25.0. The van der Waals surface area contributed by atoms with Crippen LogP contribution in [0.25, 0.3) is 0 Å². The quantitative estimate of drug-likeness (QED) is 0.639. The highest BCUT2D eigenvalue weighted by atomic mass is 16.3. The molecule has 2 rings (SSSR count). The van der Waals surface area contributed by atoms with Crippen LogP contribution in [0.1, 0.15) is 43.6 Å². The number of furan rings is 1. The minimum Gasteiger partial charge on any atom is -0.468 e. The third kappa shape index (κ3) is 2.68. The van der Waals surface area contributed by atoms with E-state index in [1.165, 1.54) is 5.57 Å². The second-order valence-electron chi connectivity index (χ2n) is 5.17. The molecule has 0 aliphatic heterocycles. The first kappa shape index (κ1) is 12.2. The van der Waals surface area contributed by atoms with Gasteiger partial charge < -0.3 is 4.42 Å². The summed E-state index contributed by atoms with van der Waals surface area (Å²) in [5.74, 6) is 1.46. The van der Waals surface area contributed by atoms with Crippen LogP contribution in [0.3, 0.4) is 0 Å². The molecule has 2 nitrogen and oxygen atoms in total. The van der Waals surface area contributed by atoms with E-state index in [-0.39, 0.29) is 5.92 Å². The highest BCUT2D eigenvalue weighted by Gasteiger charge is 2.19. The van der Waals surface area contributed by atoms with Gasteiger partial charge in [-0.3, -0.25) is 4.79 Å². The second kappa shape index (κ2) is 4.91. The first-order valence-corrected chi connectivity index (χ1v) is 6.32. The van der Waals surface area contributed by atoms with Gasteiger partial charge in [-0.2, -0.15) is 0 Å². The fraction of sp³-hybridized carbons (Fsp3) is 0.533. The maximum atomic E-state index is 12.1. The van der Waals surface area contributed by atoms with Crippen molar-refractivity contribution < 1.29 is 9.21 Å². The lowest BCUT2D eigenvalue weighted by molar-refractivity contribution is -0.121. The van der Waals surface area contributed by atoms with E-state index in [1.807, 2.05) is 13.8 Å². The standard InChI is InChI=1S/C15H20O2/c1-10-5-4-6-11(2)14(16)8-13-12(3)9-17-15(13)7-10/h5,9,11H,4,6-8H2,1-3H3/b10-5-/t11-/m0/s1. The van der Waals surface area contributed by atoms with Gasteiger partial charge in [0.25, 0.3) is 0 Å². The van der Waals surface area contributed by atoms with Gasteiger partial charge in [-0.05, 0) is 32.3 Å². The molecule has 1 aromatic heterocycles. The van der Waals surface area contributed by atoms with E-state index in [0.29, 0.717) is 12.2 Å². The second-order valence-corrected chi connectivity index (χ2v) is 5.17. The van der Waals surface area contributed by atoms with Crippen molar-refractivity contribution in [1.29, 1.82) is 0 Å². The number of hydrogen-bond donors (Lipinski definition) is 0. The van der Waals surface area contributed by atoms with Crippen LogP contribution in [0, 0.1) is 12.8 Å². The predicted molar refractivity (Wildman–Crippen MR) is 68.0 cm³/mol. The average Bonchev–Trinajstić information content (AvgIpc) is 2.60. The molecule has 0 amide bonds. The highest BCUT2D eigenvalue weighted by Crippen LogP contribution is 2.24. The van der Waals surface area contributed by atoms with Crippen LogP contribution in [0.2, 0.25) is 0 Å². The van der Waals surface area contributed by atoms with E-state index in [2.05, 4.69) is 13.0 Å². The molecule has 0 bridgehead atoms. The molecule has 0 N–H and O–H groups in total. The molecule has 0 unspecified atom stereocenters. The van der Waals surface area contributed by atoms with E-state index in [9.17, 15) is 4.79 Å². The number of rotatable bonds is 0. The summed E-state index contributed by atoms with van der Waals surface area (Å²) in [4.78, 5) is 12.1. The van der Waals surface area contributed by atoms with Crippen molar-refractivity contribution in [3.63, 3.8) is 0 Å². The zero-order valence-corrected chi connectivity index (χ0v) is 10.9. The van der Waals surface area contributed by atoms with Gasteiger partial charge in [-0.15, -0.1) is 0 Å². The van der Waals surface area contributed by atoms with Gasteiger partial charge in [0.15, 0.2) is 0 Å². The molecule has 0 saturated carbocycles. The van der Waals surface area contributed by atoms with E-state index >= 15 is 0 Å². The molecule has 1 atom stereocenters. The molecule has 92 valence electrons. The molecule has 1 aliphatic carbocycles.